The van der Waals surface area contributed by atoms with Gasteiger partial charge in [-0.2, -0.15) is 0 Å². The fraction of sp³-hybridized carbons (Fsp3) is 0.818. The lowest BCUT2D eigenvalue weighted by Crippen LogP contribution is -2.43. The second-order valence-corrected chi connectivity index (χ2v) is 4.86. The van der Waals surface area contributed by atoms with Crippen LogP contribution < -0.4 is 0 Å². The molecule has 0 aromatic rings. The molecule has 0 unspecified atom stereocenters. The van der Waals surface area contributed by atoms with Gasteiger partial charge in [0.05, 0.1) is 0 Å². The van der Waals surface area contributed by atoms with Crippen molar-refractivity contribution >= 4 is 0 Å². The Morgan fingerprint density at radius 1 is 1.45 bits per heavy atom. The maximum absolute atomic E-state index is 4.19. The highest BCUT2D eigenvalue weighted by molar-refractivity contribution is 5.16. The molecular formula is C11H18. The summed E-state index contributed by atoms with van der Waals surface area (Å²) >= 11 is 0. The number of fused-ring (bicyclic) bond motifs is 3. The lowest BCUT2D eigenvalue weighted by atomic mass is 9.53. The second-order valence-electron chi connectivity index (χ2n) is 4.86. The lowest BCUT2D eigenvalue weighted by molar-refractivity contribution is 0.00864. The zero-order valence-electron chi connectivity index (χ0n) is 7.69. The minimum atomic E-state index is 0.591. The Hall–Kier alpha value is -0.260. The normalized spacial score (nSPS) is 41.1. The first-order valence-electron chi connectivity index (χ1n) is 4.80. The van der Waals surface area contributed by atoms with Crippen LogP contribution in [0.2, 0.25) is 0 Å². The van der Waals surface area contributed by atoms with Gasteiger partial charge >= 0.3 is 0 Å². The predicted molar refractivity (Wildman–Crippen MR) is 48.4 cm³/mol. The molecule has 3 aliphatic carbocycles. The van der Waals surface area contributed by atoms with Gasteiger partial charge in [-0.3, -0.25) is 0 Å². The molecule has 0 N–H and O–H groups in total. The molecule has 3 saturated carbocycles. The van der Waals surface area contributed by atoms with Crippen molar-refractivity contribution in [3.05, 3.63) is 12.2 Å². The van der Waals surface area contributed by atoms with Gasteiger partial charge in [-0.15, -0.1) is 0 Å². The molecule has 0 radical (unpaired) electrons. The Kier molecular flexibility index (Phi) is 1.42. The summed E-state index contributed by atoms with van der Waals surface area (Å²) < 4.78 is 0. The molecule has 0 heterocycles. The molecule has 0 aromatic heterocycles. The van der Waals surface area contributed by atoms with Crippen LogP contribution in [0.1, 0.15) is 39.5 Å². The predicted octanol–water partition coefficient (Wildman–Crippen LogP) is 3.39. The van der Waals surface area contributed by atoms with E-state index in [-0.39, 0.29) is 0 Å². The second kappa shape index (κ2) is 2.12. The molecular weight excluding hydrogens is 132 g/mol. The standard InChI is InChI=1S/C11H18/c1-8-5-4-6-9-7-10(8)11(9,2)3/h9-10H,1,4-7H2,2-3H3/t9-,10-/m0/s1. The molecule has 3 rings (SSSR count). The molecule has 0 aromatic carbocycles. The summed E-state index contributed by atoms with van der Waals surface area (Å²) in [5, 5.41) is 0. The summed E-state index contributed by atoms with van der Waals surface area (Å²) in [5.74, 6) is 1.86. The van der Waals surface area contributed by atoms with E-state index in [2.05, 4.69) is 20.4 Å². The third kappa shape index (κ3) is 0.881. The molecule has 0 spiro atoms. The lowest BCUT2D eigenvalue weighted by Gasteiger charge is -2.51. The quantitative estimate of drug-likeness (QED) is 0.464. The zero-order valence-corrected chi connectivity index (χ0v) is 7.69. The van der Waals surface area contributed by atoms with Crippen molar-refractivity contribution in [3.8, 4) is 0 Å². The van der Waals surface area contributed by atoms with E-state index in [4.69, 9.17) is 0 Å². The highest BCUT2D eigenvalue weighted by Gasteiger charge is 2.49. The minimum absolute atomic E-state index is 0.591. The Morgan fingerprint density at radius 3 is 2.82 bits per heavy atom. The van der Waals surface area contributed by atoms with Gasteiger partial charge in [-0.05, 0) is 42.9 Å². The van der Waals surface area contributed by atoms with Crippen LogP contribution >= 0.6 is 0 Å². The van der Waals surface area contributed by atoms with Gasteiger partial charge in [0.1, 0.15) is 0 Å². The molecule has 3 aliphatic rings. The molecule has 11 heavy (non-hydrogen) atoms. The third-order valence-electron chi connectivity index (χ3n) is 4.01. The SMILES string of the molecule is C=C1CCC[C@H]2C[C@@H]1C2(C)C. The first-order chi connectivity index (χ1) is 5.12. The van der Waals surface area contributed by atoms with Crippen LogP contribution in [0.4, 0.5) is 0 Å². The average molecular weight is 150 g/mol. The maximum Gasteiger partial charge on any atom is -0.0149 e. The monoisotopic (exact) mass is 150 g/mol. The van der Waals surface area contributed by atoms with E-state index in [1.165, 1.54) is 31.3 Å². The van der Waals surface area contributed by atoms with Crippen molar-refractivity contribution in [1.29, 1.82) is 0 Å². The summed E-state index contributed by atoms with van der Waals surface area (Å²) in [6.07, 6.45) is 5.57. The van der Waals surface area contributed by atoms with Crippen molar-refractivity contribution in [2.24, 2.45) is 17.3 Å². The maximum atomic E-state index is 4.19. The van der Waals surface area contributed by atoms with Crippen LogP contribution in [0.5, 0.6) is 0 Å². The van der Waals surface area contributed by atoms with Crippen molar-refractivity contribution in [2.45, 2.75) is 39.5 Å². The van der Waals surface area contributed by atoms with Gasteiger partial charge in [0.2, 0.25) is 0 Å². The summed E-state index contributed by atoms with van der Waals surface area (Å²) in [6, 6.07) is 0. The fourth-order valence-electron chi connectivity index (χ4n) is 2.95. The molecule has 2 atom stereocenters. The molecule has 0 heteroatoms. The van der Waals surface area contributed by atoms with Gasteiger partial charge in [-0.25, -0.2) is 0 Å². The van der Waals surface area contributed by atoms with Gasteiger partial charge in [0, 0.05) is 0 Å². The van der Waals surface area contributed by atoms with Crippen LogP contribution in [0.15, 0.2) is 12.2 Å². The number of hydrogen-bond donors (Lipinski definition) is 0. The summed E-state index contributed by atoms with van der Waals surface area (Å²) in [4.78, 5) is 0. The van der Waals surface area contributed by atoms with E-state index in [0.717, 1.165) is 11.8 Å². The largest absolute Gasteiger partial charge is 0.0996 e. The van der Waals surface area contributed by atoms with Crippen LogP contribution in [-0.4, -0.2) is 0 Å². The highest BCUT2D eigenvalue weighted by Crippen LogP contribution is 2.58. The topological polar surface area (TPSA) is 0 Å². The molecule has 0 saturated heterocycles. The van der Waals surface area contributed by atoms with E-state index in [1.54, 1.807) is 0 Å². The van der Waals surface area contributed by atoms with E-state index in [1.807, 2.05) is 0 Å². The van der Waals surface area contributed by atoms with Gasteiger partial charge in [0.15, 0.2) is 0 Å². The fourth-order valence-corrected chi connectivity index (χ4v) is 2.95. The van der Waals surface area contributed by atoms with Crippen molar-refractivity contribution in [2.75, 3.05) is 0 Å². The summed E-state index contributed by atoms with van der Waals surface area (Å²) in [7, 11) is 0. The van der Waals surface area contributed by atoms with E-state index in [9.17, 15) is 0 Å². The molecule has 2 bridgehead atoms. The van der Waals surface area contributed by atoms with Gasteiger partial charge < -0.3 is 0 Å². The zero-order chi connectivity index (χ0) is 8.06. The average Bonchev–Trinajstić information content (AvgIpc) is 2.17. The number of rotatable bonds is 0. The smallest absolute Gasteiger partial charge is 0.0149 e. The minimum Gasteiger partial charge on any atom is -0.0996 e. The first-order valence-corrected chi connectivity index (χ1v) is 4.80. The van der Waals surface area contributed by atoms with E-state index in [0.29, 0.717) is 5.41 Å². The highest BCUT2D eigenvalue weighted by atomic mass is 14.5. The van der Waals surface area contributed by atoms with Gasteiger partial charge in [0.25, 0.3) is 0 Å². The van der Waals surface area contributed by atoms with Crippen LogP contribution in [0.3, 0.4) is 0 Å². The van der Waals surface area contributed by atoms with E-state index >= 15 is 0 Å². The van der Waals surface area contributed by atoms with Crippen LogP contribution in [0, 0.1) is 17.3 Å². The molecule has 0 amide bonds. The number of hydrogen-bond acceptors (Lipinski definition) is 0. The van der Waals surface area contributed by atoms with E-state index < -0.39 is 0 Å². The third-order valence-corrected chi connectivity index (χ3v) is 4.01. The molecule has 3 fully saturated rings. The number of allylic oxidation sites excluding steroid dienone is 1. The van der Waals surface area contributed by atoms with Crippen LogP contribution in [-0.2, 0) is 0 Å². The summed E-state index contributed by atoms with van der Waals surface area (Å²) in [6.45, 7) is 9.03. The first kappa shape index (κ1) is 7.39. The molecule has 0 nitrogen and oxygen atoms in total. The Labute approximate surface area is 69.7 Å². The molecule has 0 aliphatic heterocycles. The van der Waals surface area contributed by atoms with Gasteiger partial charge in [-0.1, -0.05) is 26.0 Å². The van der Waals surface area contributed by atoms with Crippen LogP contribution in [0.25, 0.3) is 0 Å². The molecule has 62 valence electrons. The Morgan fingerprint density at radius 2 is 2.18 bits per heavy atom. The van der Waals surface area contributed by atoms with Crippen molar-refractivity contribution < 1.29 is 0 Å². The Balaban J connectivity index is 2.22. The summed E-state index contributed by atoms with van der Waals surface area (Å²) in [5.41, 5.74) is 2.12. The van der Waals surface area contributed by atoms with Crippen molar-refractivity contribution in [3.63, 3.8) is 0 Å². The van der Waals surface area contributed by atoms with Crippen molar-refractivity contribution in [1.82, 2.24) is 0 Å². The Bertz CT molecular complexity index is 188.